The Labute approximate surface area is 118 Å². The summed E-state index contributed by atoms with van der Waals surface area (Å²) in [6.45, 7) is 1.78. The summed E-state index contributed by atoms with van der Waals surface area (Å²) in [6, 6.07) is 4.64. The van der Waals surface area contributed by atoms with Crippen LogP contribution >= 0.6 is 23.2 Å². The summed E-state index contributed by atoms with van der Waals surface area (Å²) in [5, 5.41) is 15.7. The number of hydrogen-bond donors (Lipinski definition) is 1. The zero-order chi connectivity index (χ0) is 14.2. The normalized spacial score (nSPS) is 12.4. The van der Waals surface area contributed by atoms with E-state index in [0.717, 1.165) is 6.20 Å². The van der Waals surface area contributed by atoms with Crippen LogP contribution in [0.3, 0.4) is 0 Å². The highest BCUT2D eigenvalue weighted by molar-refractivity contribution is 6.33. The van der Waals surface area contributed by atoms with E-state index >= 15 is 0 Å². The summed E-state index contributed by atoms with van der Waals surface area (Å²) >= 11 is 12.0. The Morgan fingerprint density at radius 1 is 1.47 bits per heavy atom. The second-order valence-electron chi connectivity index (χ2n) is 3.96. The van der Waals surface area contributed by atoms with Crippen molar-refractivity contribution in [1.29, 1.82) is 0 Å². The van der Waals surface area contributed by atoms with Crippen LogP contribution < -0.4 is 5.73 Å². The summed E-state index contributed by atoms with van der Waals surface area (Å²) in [7, 11) is 0. The Morgan fingerprint density at radius 2 is 2.16 bits per heavy atom. The van der Waals surface area contributed by atoms with Crippen molar-refractivity contribution >= 4 is 34.7 Å². The Morgan fingerprint density at radius 3 is 2.74 bits per heavy atom. The van der Waals surface area contributed by atoms with Crippen molar-refractivity contribution in [3.63, 3.8) is 0 Å². The van der Waals surface area contributed by atoms with Crippen LogP contribution in [0.25, 0.3) is 0 Å². The lowest BCUT2D eigenvalue weighted by Gasteiger charge is -2.15. The molecule has 6 nitrogen and oxygen atoms in total. The van der Waals surface area contributed by atoms with Gasteiger partial charge in [-0.15, -0.1) is 0 Å². The standard InChI is InChI=1S/C11H10Cl2N4O2/c1-6(8-4-7(12)2-3-9(8)13)16-11(14)10(5-15-16)17(18)19/h2-6H,14H2,1H3. The quantitative estimate of drug-likeness (QED) is 0.696. The smallest absolute Gasteiger partial charge is 0.330 e. The Bertz CT molecular complexity index is 642. The van der Waals surface area contributed by atoms with Crippen LogP contribution in [0.1, 0.15) is 18.5 Å². The van der Waals surface area contributed by atoms with Crippen molar-refractivity contribution in [3.05, 3.63) is 50.1 Å². The zero-order valence-electron chi connectivity index (χ0n) is 9.88. The maximum absolute atomic E-state index is 10.7. The molecule has 0 saturated carbocycles. The summed E-state index contributed by atoms with van der Waals surface area (Å²) in [4.78, 5) is 10.2. The molecule has 1 aromatic heterocycles. The number of benzene rings is 1. The molecule has 2 N–H and O–H groups in total. The average molecular weight is 301 g/mol. The number of anilines is 1. The third kappa shape index (κ3) is 2.50. The fourth-order valence-corrected chi connectivity index (χ4v) is 2.23. The van der Waals surface area contributed by atoms with Gasteiger partial charge in [-0.05, 0) is 30.7 Å². The molecule has 8 heteroatoms. The molecular formula is C11H10Cl2N4O2. The molecule has 0 aliphatic carbocycles. The molecule has 2 rings (SSSR count). The van der Waals surface area contributed by atoms with Crippen molar-refractivity contribution in [2.75, 3.05) is 5.73 Å². The largest absolute Gasteiger partial charge is 0.378 e. The Balaban J connectivity index is 2.47. The van der Waals surface area contributed by atoms with Crippen LogP contribution in [0.15, 0.2) is 24.4 Å². The van der Waals surface area contributed by atoms with E-state index in [4.69, 9.17) is 28.9 Å². The molecule has 0 spiro atoms. The molecule has 0 bridgehead atoms. The van der Waals surface area contributed by atoms with Gasteiger partial charge in [0, 0.05) is 10.0 Å². The lowest BCUT2D eigenvalue weighted by Crippen LogP contribution is -2.12. The van der Waals surface area contributed by atoms with Crippen LogP contribution in [0.4, 0.5) is 11.5 Å². The summed E-state index contributed by atoms with van der Waals surface area (Å²) < 4.78 is 1.34. The van der Waals surface area contributed by atoms with E-state index in [2.05, 4.69) is 5.10 Å². The van der Waals surface area contributed by atoms with Crippen molar-refractivity contribution in [2.24, 2.45) is 0 Å². The first kappa shape index (κ1) is 13.6. The van der Waals surface area contributed by atoms with Crippen LogP contribution in [0, 0.1) is 10.1 Å². The molecule has 0 amide bonds. The minimum absolute atomic E-state index is 0.0199. The third-order valence-corrected chi connectivity index (χ3v) is 3.36. The number of nitrogen functional groups attached to an aromatic ring is 1. The van der Waals surface area contributed by atoms with Gasteiger partial charge < -0.3 is 5.73 Å². The molecule has 2 aromatic rings. The Hall–Kier alpha value is -1.79. The fraction of sp³-hybridized carbons (Fsp3) is 0.182. The number of aromatic nitrogens is 2. The summed E-state index contributed by atoms with van der Waals surface area (Å²) in [5.74, 6) is -0.0199. The first-order valence-electron chi connectivity index (χ1n) is 5.34. The van der Waals surface area contributed by atoms with Crippen molar-refractivity contribution in [2.45, 2.75) is 13.0 Å². The van der Waals surface area contributed by atoms with Gasteiger partial charge in [0.2, 0.25) is 5.82 Å². The lowest BCUT2D eigenvalue weighted by atomic mass is 10.1. The van der Waals surface area contributed by atoms with Gasteiger partial charge in [-0.2, -0.15) is 5.10 Å². The molecule has 100 valence electrons. The number of nitrogens with two attached hydrogens (primary N) is 1. The molecule has 1 unspecified atom stereocenters. The second-order valence-corrected chi connectivity index (χ2v) is 4.80. The first-order chi connectivity index (χ1) is 8.91. The topological polar surface area (TPSA) is 87.0 Å². The molecule has 0 aliphatic heterocycles. The average Bonchev–Trinajstić information content (AvgIpc) is 2.73. The third-order valence-electron chi connectivity index (χ3n) is 2.79. The van der Waals surface area contributed by atoms with Crippen molar-refractivity contribution in [3.8, 4) is 0 Å². The van der Waals surface area contributed by atoms with E-state index in [0.29, 0.717) is 15.6 Å². The van der Waals surface area contributed by atoms with E-state index in [1.165, 1.54) is 4.68 Å². The number of hydrogen-bond acceptors (Lipinski definition) is 4. The molecule has 0 aliphatic rings. The lowest BCUT2D eigenvalue weighted by molar-refractivity contribution is -0.384. The van der Waals surface area contributed by atoms with Gasteiger partial charge in [-0.25, -0.2) is 4.68 Å². The maximum atomic E-state index is 10.7. The van der Waals surface area contributed by atoms with E-state index < -0.39 is 4.92 Å². The van der Waals surface area contributed by atoms with E-state index in [9.17, 15) is 10.1 Å². The molecule has 1 aromatic carbocycles. The predicted octanol–water partition coefficient (Wildman–Crippen LogP) is 3.29. The van der Waals surface area contributed by atoms with Gasteiger partial charge in [-0.1, -0.05) is 23.2 Å². The molecular weight excluding hydrogens is 291 g/mol. The first-order valence-corrected chi connectivity index (χ1v) is 6.09. The van der Waals surface area contributed by atoms with Crippen LogP contribution in [0.5, 0.6) is 0 Å². The highest BCUT2D eigenvalue weighted by atomic mass is 35.5. The monoisotopic (exact) mass is 300 g/mol. The van der Waals surface area contributed by atoms with Gasteiger partial charge in [0.1, 0.15) is 6.20 Å². The molecule has 0 fully saturated rings. The number of nitrogens with zero attached hydrogens (tertiary/aromatic N) is 3. The Kier molecular flexibility index (Phi) is 3.64. The van der Waals surface area contributed by atoms with E-state index in [1.54, 1.807) is 25.1 Å². The van der Waals surface area contributed by atoms with Crippen LogP contribution in [-0.2, 0) is 0 Å². The SMILES string of the molecule is CC(c1cc(Cl)ccc1Cl)n1ncc([N+](=O)[O-])c1N. The second kappa shape index (κ2) is 5.07. The van der Waals surface area contributed by atoms with E-state index in [1.807, 2.05) is 0 Å². The molecule has 1 atom stereocenters. The number of halogens is 2. The maximum Gasteiger partial charge on any atom is 0.330 e. The molecule has 1 heterocycles. The van der Waals surface area contributed by atoms with Gasteiger partial charge in [0.05, 0.1) is 11.0 Å². The number of rotatable bonds is 3. The van der Waals surface area contributed by atoms with Gasteiger partial charge >= 0.3 is 5.69 Å². The molecule has 0 radical (unpaired) electrons. The summed E-state index contributed by atoms with van der Waals surface area (Å²) in [5.41, 5.74) is 6.18. The van der Waals surface area contributed by atoms with Crippen molar-refractivity contribution in [1.82, 2.24) is 9.78 Å². The molecule has 19 heavy (non-hydrogen) atoms. The number of nitro groups is 1. The van der Waals surface area contributed by atoms with Gasteiger partial charge in [0.25, 0.3) is 0 Å². The van der Waals surface area contributed by atoms with Gasteiger partial charge in [0.15, 0.2) is 0 Å². The predicted molar refractivity (Wildman–Crippen MR) is 73.6 cm³/mol. The van der Waals surface area contributed by atoms with Crippen LogP contribution in [-0.4, -0.2) is 14.7 Å². The fourth-order valence-electron chi connectivity index (χ4n) is 1.78. The highest BCUT2D eigenvalue weighted by Gasteiger charge is 2.22. The zero-order valence-corrected chi connectivity index (χ0v) is 11.4. The highest BCUT2D eigenvalue weighted by Crippen LogP contribution is 2.32. The van der Waals surface area contributed by atoms with Gasteiger partial charge in [-0.3, -0.25) is 10.1 Å². The van der Waals surface area contributed by atoms with Crippen molar-refractivity contribution < 1.29 is 4.92 Å². The minimum atomic E-state index is -0.578. The molecule has 0 saturated heterocycles. The van der Waals surface area contributed by atoms with E-state index in [-0.39, 0.29) is 17.5 Å². The minimum Gasteiger partial charge on any atom is -0.378 e. The van der Waals surface area contributed by atoms with Crippen LogP contribution in [0.2, 0.25) is 10.0 Å². The summed E-state index contributed by atoms with van der Waals surface area (Å²) in [6.07, 6.45) is 1.12.